The van der Waals surface area contributed by atoms with Crippen molar-refractivity contribution in [3.8, 4) is 0 Å². The van der Waals surface area contributed by atoms with Gasteiger partial charge in [0.25, 0.3) is 0 Å². The van der Waals surface area contributed by atoms with E-state index in [9.17, 15) is 13.2 Å². The second-order valence-corrected chi connectivity index (χ2v) is 8.92. The van der Waals surface area contributed by atoms with Gasteiger partial charge >= 0.3 is 0 Å². The Morgan fingerprint density at radius 2 is 1.85 bits per heavy atom. The molecule has 1 N–H and O–H groups in total. The number of amides is 1. The number of hydrogen-bond acceptors (Lipinski definition) is 5. The average molecular weight is 391 g/mol. The van der Waals surface area contributed by atoms with Gasteiger partial charge in [-0.05, 0) is 38.8 Å². The van der Waals surface area contributed by atoms with E-state index in [-0.39, 0.29) is 23.3 Å². The molecule has 0 saturated heterocycles. The largest absolute Gasteiger partial charge is 0.360 e. The molecule has 0 atom stereocenters. The fraction of sp³-hybridized carbons (Fsp3) is 0.474. The molecule has 1 fully saturated rings. The van der Waals surface area contributed by atoms with E-state index in [0.717, 1.165) is 37.7 Å². The van der Waals surface area contributed by atoms with Crippen LogP contribution in [0.5, 0.6) is 0 Å². The van der Waals surface area contributed by atoms with Crippen LogP contribution in [0.3, 0.4) is 0 Å². The number of carbonyl (C=O) groups is 1. The number of rotatable bonds is 6. The maximum absolute atomic E-state index is 13.2. The van der Waals surface area contributed by atoms with Gasteiger partial charge in [-0.1, -0.05) is 42.1 Å². The molecule has 3 rings (SSSR count). The van der Waals surface area contributed by atoms with Gasteiger partial charge in [0.2, 0.25) is 15.9 Å². The first kappa shape index (κ1) is 19.6. The summed E-state index contributed by atoms with van der Waals surface area (Å²) in [5.41, 5.74) is 0.984. The molecule has 0 aliphatic heterocycles. The average Bonchev–Trinajstić information content (AvgIpc) is 3.05. The lowest BCUT2D eigenvalue weighted by atomic mass is 9.95. The van der Waals surface area contributed by atoms with E-state index in [1.54, 1.807) is 37.3 Å². The summed E-state index contributed by atoms with van der Waals surface area (Å²) >= 11 is 0. The summed E-state index contributed by atoms with van der Waals surface area (Å²) < 4.78 is 32.8. The summed E-state index contributed by atoms with van der Waals surface area (Å²) in [7, 11) is -3.77. The first-order valence-electron chi connectivity index (χ1n) is 9.18. The molecule has 1 heterocycles. The Labute approximate surface area is 159 Å². The van der Waals surface area contributed by atoms with E-state index >= 15 is 0 Å². The van der Waals surface area contributed by atoms with Crippen LogP contribution in [0.15, 0.2) is 39.8 Å². The quantitative estimate of drug-likeness (QED) is 0.816. The predicted octanol–water partition coefficient (Wildman–Crippen LogP) is 3.25. The van der Waals surface area contributed by atoms with E-state index in [1.807, 2.05) is 6.92 Å². The van der Waals surface area contributed by atoms with Gasteiger partial charge in [-0.3, -0.25) is 4.79 Å². The lowest BCUT2D eigenvalue weighted by Crippen LogP contribution is -2.45. The van der Waals surface area contributed by atoms with Gasteiger partial charge in [-0.25, -0.2) is 8.42 Å². The van der Waals surface area contributed by atoms with Gasteiger partial charge < -0.3 is 9.84 Å². The van der Waals surface area contributed by atoms with Gasteiger partial charge in [0.15, 0.2) is 5.82 Å². The molecule has 1 aromatic heterocycles. The fourth-order valence-electron chi connectivity index (χ4n) is 3.37. The van der Waals surface area contributed by atoms with Gasteiger partial charge in [0.1, 0.15) is 5.76 Å². The van der Waals surface area contributed by atoms with Crippen molar-refractivity contribution in [1.82, 2.24) is 9.46 Å². The maximum Gasteiger partial charge on any atom is 0.243 e. The molecular weight excluding hydrogens is 366 g/mol. The monoisotopic (exact) mass is 391 g/mol. The molecule has 1 aromatic carbocycles. The molecule has 8 heteroatoms. The van der Waals surface area contributed by atoms with Crippen LogP contribution >= 0.6 is 0 Å². The molecule has 1 aliphatic carbocycles. The van der Waals surface area contributed by atoms with Crippen LogP contribution in [-0.2, 0) is 14.8 Å². The third kappa shape index (κ3) is 4.75. The van der Waals surface area contributed by atoms with Crippen molar-refractivity contribution >= 4 is 21.7 Å². The van der Waals surface area contributed by atoms with Crippen molar-refractivity contribution in [3.05, 3.63) is 41.7 Å². The first-order chi connectivity index (χ1) is 12.9. The van der Waals surface area contributed by atoms with Crippen molar-refractivity contribution in [3.63, 3.8) is 0 Å². The SMILES string of the molecule is Cc1ccc(S(=O)(=O)N(CC(=O)Nc2cc(C)on2)C2CCCCC2)cc1. The maximum atomic E-state index is 13.2. The fourth-order valence-corrected chi connectivity index (χ4v) is 5.02. The Morgan fingerprint density at radius 3 is 2.44 bits per heavy atom. The molecule has 1 amide bonds. The number of benzene rings is 1. The highest BCUT2D eigenvalue weighted by atomic mass is 32.2. The zero-order chi connectivity index (χ0) is 19.4. The van der Waals surface area contributed by atoms with Crippen molar-refractivity contribution < 1.29 is 17.7 Å². The second-order valence-electron chi connectivity index (χ2n) is 7.03. The third-order valence-corrected chi connectivity index (χ3v) is 6.72. The lowest BCUT2D eigenvalue weighted by Gasteiger charge is -2.33. The number of carbonyl (C=O) groups excluding carboxylic acids is 1. The summed E-state index contributed by atoms with van der Waals surface area (Å²) in [5.74, 6) is 0.431. The zero-order valence-corrected chi connectivity index (χ0v) is 16.5. The minimum absolute atomic E-state index is 0.171. The Morgan fingerprint density at radius 1 is 1.19 bits per heavy atom. The molecule has 27 heavy (non-hydrogen) atoms. The van der Waals surface area contributed by atoms with Crippen LogP contribution in [0.1, 0.15) is 43.4 Å². The second kappa shape index (κ2) is 8.22. The molecule has 0 spiro atoms. The van der Waals surface area contributed by atoms with Crippen LogP contribution in [0.25, 0.3) is 0 Å². The smallest absolute Gasteiger partial charge is 0.243 e. The number of anilines is 1. The van der Waals surface area contributed by atoms with Crippen molar-refractivity contribution in [1.29, 1.82) is 0 Å². The van der Waals surface area contributed by atoms with Crippen LogP contribution in [0.2, 0.25) is 0 Å². The number of aromatic nitrogens is 1. The molecule has 1 aliphatic rings. The normalized spacial score (nSPS) is 15.8. The van der Waals surface area contributed by atoms with E-state index in [4.69, 9.17) is 4.52 Å². The summed E-state index contributed by atoms with van der Waals surface area (Å²) in [6.45, 7) is 3.38. The number of aryl methyl sites for hydroxylation is 2. The molecule has 146 valence electrons. The highest BCUT2D eigenvalue weighted by Gasteiger charge is 2.34. The van der Waals surface area contributed by atoms with Crippen molar-refractivity contribution in [2.24, 2.45) is 0 Å². The van der Waals surface area contributed by atoms with Gasteiger partial charge in [-0.2, -0.15) is 4.31 Å². The highest BCUT2D eigenvalue weighted by Crippen LogP contribution is 2.28. The summed E-state index contributed by atoms with van der Waals surface area (Å²) in [6, 6.07) is 8.15. The van der Waals surface area contributed by atoms with Crippen LogP contribution in [-0.4, -0.2) is 36.4 Å². The standard InChI is InChI=1S/C19H25N3O4S/c1-14-8-10-17(11-9-14)27(24,25)22(16-6-4-3-5-7-16)13-19(23)20-18-12-15(2)26-21-18/h8-12,16H,3-7,13H2,1-2H3,(H,20,21,23). The lowest BCUT2D eigenvalue weighted by molar-refractivity contribution is -0.116. The van der Waals surface area contributed by atoms with Crippen LogP contribution in [0.4, 0.5) is 5.82 Å². The molecule has 1 saturated carbocycles. The minimum Gasteiger partial charge on any atom is -0.360 e. The predicted molar refractivity (Wildman–Crippen MR) is 102 cm³/mol. The zero-order valence-electron chi connectivity index (χ0n) is 15.6. The summed E-state index contributed by atoms with van der Waals surface area (Å²) in [5, 5.41) is 6.35. The molecule has 0 unspecified atom stereocenters. The molecular formula is C19H25N3O4S. The number of hydrogen-bond donors (Lipinski definition) is 1. The Kier molecular flexibility index (Phi) is 5.96. The van der Waals surface area contributed by atoms with E-state index in [2.05, 4.69) is 10.5 Å². The van der Waals surface area contributed by atoms with Crippen LogP contribution < -0.4 is 5.32 Å². The van der Waals surface area contributed by atoms with E-state index in [1.165, 1.54) is 4.31 Å². The Hall–Kier alpha value is -2.19. The summed E-state index contributed by atoms with van der Waals surface area (Å²) in [4.78, 5) is 12.7. The van der Waals surface area contributed by atoms with Crippen molar-refractivity contribution in [2.45, 2.75) is 56.9 Å². The van der Waals surface area contributed by atoms with Crippen molar-refractivity contribution in [2.75, 3.05) is 11.9 Å². The number of nitrogens with one attached hydrogen (secondary N) is 1. The highest BCUT2D eigenvalue weighted by molar-refractivity contribution is 7.89. The molecule has 7 nitrogen and oxygen atoms in total. The third-order valence-electron chi connectivity index (χ3n) is 4.80. The molecule has 0 bridgehead atoms. The van der Waals surface area contributed by atoms with E-state index in [0.29, 0.717) is 5.76 Å². The number of nitrogens with zero attached hydrogens (tertiary/aromatic N) is 2. The minimum atomic E-state index is -3.77. The summed E-state index contributed by atoms with van der Waals surface area (Å²) in [6.07, 6.45) is 4.56. The van der Waals surface area contributed by atoms with E-state index < -0.39 is 15.9 Å². The van der Waals surface area contributed by atoms with Gasteiger partial charge in [0, 0.05) is 12.1 Å². The van der Waals surface area contributed by atoms with Crippen LogP contribution in [0, 0.1) is 13.8 Å². The number of sulfonamides is 1. The van der Waals surface area contributed by atoms with Gasteiger partial charge in [-0.15, -0.1) is 0 Å². The topological polar surface area (TPSA) is 92.5 Å². The Bertz CT molecular complexity index is 884. The van der Waals surface area contributed by atoms with Gasteiger partial charge in [0.05, 0.1) is 11.4 Å². The molecule has 0 radical (unpaired) electrons. The molecule has 2 aromatic rings. The first-order valence-corrected chi connectivity index (χ1v) is 10.6. The Balaban J connectivity index is 1.83.